The summed E-state index contributed by atoms with van der Waals surface area (Å²) in [5.74, 6) is 0. The van der Waals surface area contributed by atoms with Crippen molar-refractivity contribution in [3.63, 3.8) is 0 Å². The first-order valence-electron chi connectivity index (χ1n) is 2.48. The van der Waals surface area contributed by atoms with Crippen LogP contribution in [0, 0.1) is 10.1 Å². The summed E-state index contributed by atoms with van der Waals surface area (Å²) >= 11 is 0. The lowest BCUT2D eigenvalue weighted by Gasteiger charge is -2.13. The second-order valence-electron chi connectivity index (χ2n) is 1.72. The van der Waals surface area contributed by atoms with Crippen molar-refractivity contribution in [1.82, 2.24) is 0 Å². The van der Waals surface area contributed by atoms with E-state index in [0.717, 1.165) is 0 Å². The molecule has 13 heavy (non-hydrogen) atoms. The van der Waals surface area contributed by atoms with Crippen molar-refractivity contribution in [1.29, 1.82) is 0 Å². The summed E-state index contributed by atoms with van der Waals surface area (Å²) in [6.07, 6.45) is -10.1. The van der Waals surface area contributed by atoms with Crippen molar-refractivity contribution in [3.05, 3.63) is 10.1 Å². The molecule has 1 unspecified atom stereocenters. The summed E-state index contributed by atoms with van der Waals surface area (Å²) in [6, 6.07) is -5.42. The summed E-state index contributed by atoms with van der Waals surface area (Å²) < 4.78 is 70.7. The number of nitro groups is 1. The summed E-state index contributed by atoms with van der Waals surface area (Å²) in [6.45, 7) is 0. The van der Waals surface area contributed by atoms with Crippen molar-refractivity contribution in [2.24, 2.45) is 0 Å². The molecule has 10 heteroatoms. The summed E-state index contributed by atoms with van der Waals surface area (Å²) in [5, 5.41) is 9.32. The van der Waals surface area contributed by atoms with Crippen molar-refractivity contribution in [3.8, 4) is 0 Å². The first kappa shape index (κ1) is 11.9. The van der Waals surface area contributed by atoms with Crippen LogP contribution in [0.15, 0.2) is 0 Å². The average Bonchev–Trinajstić information content (AvgIpc) is 1.82. The van der Waals surface area contributed by atoms with Crippen LogP contribution >= 0.6 is 0 Å². The largest absolute Gasteiger partial charge is 0.568 e. The molecule has 78 valence electrons. The minimum Gasteiger partial charge on any atom is -0.259 e. The molecule has 0 heterocycles. The molecule has 0 bridgehead atoms. The molecule has 0 amide bonds. The van der Waals surface area contributed by atoms with Crippen LogP contribution < -0.4 is 0 Å². The van der Waals surface area contributed by atoms with Gasteiger partial charge in [-0.25, -0.2) is 9.13 Å². The van der Waals surface area contributed by atoms with Crippen molar-refractivity contribution in [2.45, 2.75) is 18.8 Å². The highest BCUT2D eigenvalue weighted by Gasteiger charge is 2.59. The zero-order valence-corrected chi connectivity index (χ0v) is 5.52. The van der Waals surface area contributed by atoms with Gasteiger partial charge in [0.2, 0.25) is 0 Å². The quantitative estimate of drug-likeness (QED) is 0.310. The molecule has 0 aromatic carbocycles. The average molecular weight is 213 g/mol. The highest BCUT2D eigenvalue weighted by atomic mass is 19.4. The van der Waals surface area contributed by atoms with Gasteiger partial charge in [0.25, 0.3) is 0 Å². The van der Waals surface area contributed by atoms with Gasteiger partial charge >= 0.3 is 18.8 Å². The van der Waals surface area contributed by atoms with Crippen LogP contribution in [0.2, 0.25) is 0 Å². The normalized spacial score (nSPS) is 15.5. The molecule has 0 aliphatic carbocycles. The zero-order valence-electron chi connectivity index (χ0n) is 5.52. The Balaban J connectivity index is 4.43. The van der Waals surface area contributed by atoms with Gasteiger partial charge in [0.05, 0.1) is 0 Å². The predicted molar refractivity (Wildman–Crippen MR) is 24.0 cm³/mol. The third-order valence-corrected chi connectivity index (χ3v) is 0.754. The lowest BCUT2D eigenvalue weighted by atomic mass is 10.6. The Hall–Kier alpha value is -1.06. The molecule has 0 N–H and O–H groups in total. The molecule has 0 aliphatic rings. The number of halogens is 6. The number of nitrogens with zero attached hydrogens (tertiary/aromatic N) is 1. The van der Waals surface area contributed by atoms with Crippen LogP contribution in [-0.2, 0) is 4.74 Å². The number of hydrogen-bond donors (Lipinski definition) is 0. The molecule has 0 saturated heterocycles. The molecule has 0 saturated carbocycles. The zero-order chi connectivity index (χ0) is 10.9. The van der Waals surface area contributed by atoms with Crippen LogP contribution in [0.25, 0.3) is 0 Å². The summed E-state index contributed by atoms with van der Waals surface area (Å²) in [5.41, 5.74) is 0. The SMILES string of the molecule is O=[N+]([O-])C(F)(F)C(F)OC(F)(F)F. The van der Waals surface area contributed by atoms with E-state index < -0.39 is 23.7 Å². The monoisotopic (exact) mass is 213 g/mol. The van der Waals surface area contributed by atoms with Crippen LogP contribution in [0.5, 0.6) is 0 Å². The van der Waals surface area contributed by atoms with Gasteiger partial charge in [0, 0.05) is 0 Å². The van der Waals surface area contributed by atoms with Gasteiger partial charge in [-0.15, -0.1) is 22.0 Å². The lowest BCUT2D eigenvalue weighted by molar-refractivity contribution is -0.672. The Morgan fingerprint density at radius 1 is 1.23 bits per heavy atom. The third kappa shape index (κ3) is 3.44. The fourth-order valence-corrected chi connectivity index (χ4v) is 0.271. The van der Waals surface area contributed by atoms with Crippen molar-refractivity contribution in [2.75, 3.05) is 0 Å². The molecule has 0 fully saturated rings. The minimum atomic E-state index is -5.70. The van der Waals surface area contributed by atoms with E-state index in [-0.39, 0.29) is 0 Å². The van der Waals surface area contributed by atoms with Crippen molar-refractivity contribution < 1.29 is 36.0 Å². The van der Waals surface area contributed by atoms with Gasteiger partial charge in [-0.05, 0) is 0 Å². The molecular weight excluding hydrogens is 212 g/mol. The summed E-state index contributed by atoms with van der Waals surface area (Å²) in [4.78, 5) is 6.81. The fourth-order valence-electron chi connectivity index (χ4n) is 0.271. The van der Waals surface area contributed by atoms with E-state index >= 15 is 0 Å². The molecule has 0 spiro atoms. The smallest absolute Gasteiger partial charge is 0.259 e. The molecule has 0 rings (SSSR count). The van der Waals surface area contributed by atoms with Crippen LogP contribution in [0.3, 0.4) is 0 Å². The lowest BCUT2D eigenvalue weighted by Crippen LogP contribution is -2.42. The van der Waals surface area contributed by atoms with Crippen LogP contribution in [-0.4, -0.2) is 23.7 Å². The predicted octanol–water partition coefficient (Wildman–Crippen LogP) is 1.69. The maximum absolute atomic E-state index is 11.8. The molecule has 0 aromatic rings. The Morgan fingerprint density at radius 3 is 1.85 bits per heavy atom. The van der Waals surface area contributed by atoms with Gasteiger partial charge in [-0.1, -0.05) is 0 Å². The minimum absolute atomic E-state index is 2.11. The Morgan fingerprint density at radius 2 is 1.62 bits per heavy atom. The van der Waals surface area contributed by atoms with Crippen LogP contribution in [0.1, 0.15) is 0 Å². The Kier molecular flexibility index (Phi) is 3.08. The van der Waals surface area contributed by atoms with Crippen LogP contribution in [0.4, 0.5) is 26.3 Å². The van der Waals surface area contributed by atoms with E-state index in [0.29, 0.717) is 0 Å². The second-order valence-corrected chi connectivity index (χ2v) is 1.72. The van der Waals surface area contributed by atoms with E-state index in [2.05, 4.69) is 4.74 Å². The Labute approximate surface area is 66.2 Å². The van der Waals surface area contributed by atoms with Gasteiger partial charge in [-0.2, -0.15) is 0 Å². The number of alkyl halides is 6. The molecular formula is C3HF6NO3. The van der Waals surface area contributed by atoms with Gasteiger partial charge in [0.15, 0.2) is 0 Å². The molecule has 0 aromatic heterocycles. The maximum atomic E-state index is 11.8. The fraction of sp³-hybridized carbons (Fsp3) is 1.00. The summed E-state index contributed by atoms with van der Waals surface area (Å²) in [7, 11) is 0. The first-order valence-corrected chi connectivity index (χ1v) is 2.48. The first-order chi connectivity index (χ1) is 5.57. The highest BCUT2D eigenvalue weighted by Crippen LogP contribution is 2.29. The van der Waals surface area contributed by atoms with Gasteiger partial charge in [-0.3, -0.25) is 10.1 Å². The second kappa shape index (κ2) is 3.36. The maximum Gasteiger partial charge on any atom is 0.568 e. The molecule has 0 radical (unpaired) electrons. The Bertz CT molecular complexity index is 202. The van der Waals surface area contributed by atoms with E-state index in [1.54, 1.807) is 0 Å². The topological polar surface area (TPSA) is 52.4 Å². The van der Waals surface area contributed by atoms with Gasteiger partial charge in [0.1, 0.15) is 4.92 Å². The highest BCUT2D eigenvalue weighted by molar-refractivity contribution is 4.55. The number of hydrogen-bond acceptors (Lipinski definition) is 3. The number of rotatable bonds is 3. The van der Waals surface area contributed by atoms with E-state index in [9.17, 15) is 36.5 Å². The standard InChI is InChI=1S/C3HF6NO3/c4-1(13-3(7,8)9)2(5,6)10(11)12/h1H. The molecule has 1 atom stereocenters. The number of ether oxygens (including phenoxy) is 1. The van der Waals surface area contributed by atoms with Crippen molar-refractivity contribution >= 4 is 0 Å². The van der Waals surface area contributed by atoms with E-state index in [4.69, 9.17) is 0 Å². The van der Waals surface area contributed by atoms with E-state index in [1.807, 2.05) is 0 Å². The molecule has 4 nitrogen and oxygen atoms in total. The van der Waals surface area contributed by atoms with E-state index in [1.165, 1.54) is 0 Å². The van der Waals surface area contributed by atoms with Gasteiger partial charge < -0.3 is 0 Å². The molecule has 0 aliphatic heterocycles. The third-order valence-electron chi connectivity index (χ3n) is 0.754.